The van der Waals surface area contributed by atoms with E-state index >= 15 is 0 Å². The molecule has 0 aromatic carbocycles. The van der Waals surface area contributed by atoms with Gasteiger partial charge in [-0.3, -0.25) is 9.89 Å². The van der Waals surface area contributed by atoms with Gasteiger partial charge in [-0.1, -0.05) is 6.92 Å². The monoisotopic (exact) mass is 479 g/mol. The van der Waals surface area contributed by atoms with E-state index < -0.39 is 0 Å². The van der Waals surface area contributed by atoms with Crippen LogP contribution in [0.2, 0.25) is 0 Å². The molecule has 1 unspecified atom stereocenters. The number of aliphatic imine (C=N–C) groups is 1. The van der Waals surface area contributed by atoms with Gasteiger partial charge >= 0.3 is 0 Å². The van der Waals surface area contributed by atoms with E-state index in [0.717, 1.165) is 70.9 Å². The van der Waals surface area contributed by atoms with Crippen LogP contribution in [0.15, 0.2) is 4.99 Å². The third-order valence-electron chi connectivity index (χ3n) is 5.91. The van der Waals surface area contributed by atoms with Gasteiger partial charge in [0.15, 0.2) is 5.96 Å². The lowest BCUT2D eigenvalue weighted by atomic mass is 9.99. The first-order valence-electron chi connectivity index (χ1n) is 10.3. The Kier molecular flexibility index (Phi) is 9.94. The van der Waals surface area contributed by atoms with Crippen molar-refractivity contribution in [2.45, 2.75) is 39.2 Å². The number of nitrogens with zero attached hydrogens (tertiary/aromatic N) is 4. The fraction of sp³-hybridized carbons (Fsp3) is 0.947. The van der Waals surface area contributed by atoms with Crippen molar-refractivity contribution in [3.8, 4) is 0 Å². The highest BCUT2D eigenvalue weighted by atomic mass is 127. The van der Waals surface area contributed by atoms with Crippen molar-refractivity contribution in [3.63, 3.8) is 0 Å². The van der Waals surface area contributed by atoms with E-state index in [1.165, 1.54) is 32.4 Å². The number of guanidine groups is 1. The standard InChI is InChI=1S/C19H37N5O.HI/c1-3-20-19(21-7-11-22-8-4-17(2)5-9-22)24-10-6-18(16-24)23-12-14-25-15-13-23;/h17-18H,3-16H2,1-2H3,(H,20,21);1H. The summed E-state index contributed by atoms with van der Waals surface area (Å²) < 4.78 is 5.49. The molecule has 0 bridgehead atoms. The van der Waals surface area contributed by atoms with Crippen molar-refractivity contribution < 1.29 is 4.74 Å². The van der Waals surface area contributed by atoms with Crippen LogP contribution >= 0.6 is 24.0 Å². The van der Waals surface area contributed by atoms with Crippen molar-refractivity contribution in [1.82, 2.24) is 20.0 Å². The molecule has 3 heterocycles. The molecule has 0 saturated carbocycles. The van der Waals surface area contributed by atoms with Crippen LogP contribution in [0.3, 0.4) is 0 Å². The predicted octanol–water partition coefficient (Wildman–Crippen LogP) is 1.71. The first kappa shape index (κ1) is 22.2. The van der Waals surface area contributed by atoms with Crippen molar-refractivity contribution in [2.75, 3.05) is 72.1 Å². The molecule has 0 spiro atoms. The number of nitrogens with one attached hydrogen (secondary N) is 1. The topological polar surface area (TPSA) is 43.3 Å². The summed E-state index contributed by atoms with van der Waals surface area (Å²) >= 11 is 0. The highest BCUT2D eigenvalue weighted by Crippen LogP contribution is 2.17. The summed E-state index contributed by atoms with van der Waals surface area (Å²) in [7, 11) is 0. The van der Waals surface area contributed by atoms with Crippen molar-refractivity contribution >= 4 is 29.9 Å². The normalized spacial score (nSPS) is 26.8. The highest BCUT2D eigenvalue weighted by molar-refractivity contribution is 14.0. The zero-order valence-corrected chi connectivity index (χ0v) is 19.0. The van der Waals surface area contributed by atoms with Crippen LogP contribution in [-0.2, 0) is 4.74 Å². The number of likely N-dealkylation sites (tertiary alicyclic amines) is 2. The highest BCUT2D eigenvalue weighted by Gasteiger charge is 2.30. The Morgan fingerprint density at radius 1 is 1.08 bits per heavy atom. The molecule has 7 heteroatoms. The summed E-state index contributed by atoms with van der Waals surface area (Å²) in [6.45, 7) is 16.1. The summed E-state index contributed by atoms with van der Waals surface area (Å²) in [6, 6.07) is 0.663. The number of morpholine rings is 1. The average molecular weight is 479 g/mol. The van der Waals surface area contributed by atoms with Crippen molar-refractivity contribution in [3.05, 3.63) is 0 Å². The first-order valence-corrected chi connectivity index (χ1v) is 10.3. The Morgan fingerprint density at radius 3 is 2.50 bits per heavy atom. The fourth-order valence-corrected chi connectivity index (χ4v) is 4.18. The largest absolute Gasteiger partial charge is 0.379 e. The molecule has 3 saturated heterocycles. The molecule has 3 aliphatic heterocycles. The lowest BCUT2D eigenvalue weighted by Gasteiger charge is -2.32. The maximum Gasteiger partial charge on any atom is 0.194 e. The summed E-state index contributed by atoms with van der Waals surface area (Å²) in [5, 5.41) is 3.51. The van der Waals surface area contributed by atoms with Crippen LogP contribution in [0, 0.1) is 5.92 Å². The number of ether oxygens (including phenoxy) is 1. The molecule has 1 N–H and O–H groups in total. The lowest BCUT2D eigenvalue weighted by molar-refractivity contribution is 0.0195. The van der Waals surface area contributed by atoms with Gasteiger partial charge in [-0.2, -0.15) is 0 Å². The molecule has 152 valence electrons. The molecule has 6 nitrogen and oxygen atoms in total. The molecule has 0 aliphatic carbocycles. The second-order valence-corrected chi connectivity index (χ2v) is 7.80. The van der Waals surface area contributed by atoms with E-state index in [9.17, 15) is 0 Å². The molecule has 3 rings (SSSR count). The van der Waals surface area contributed by atoms with Crippen LogP contribution in [0.25, 0.3) is 0 Å². The van der Waals surface area contributed by atoms with Gasteiger partial charge < -0.3 is 19.9 Å². The Balaban J connectivity index is 0.00000243. The fourth-order valence-electron chi connectivity index (χ4n) is 4.18. The Bertz CT molecular complexity index is 422. The second kappa shape index (κ2) is 11.7. The third kappa shape index (κ3) is 6.49. The van der Waals surface area contributed by atoms with Crippen LogP contribution < -0.4 is 5.32 Å². The maximum absolute atomic E-state index is 5.49. The van der Waals surface area contributed by atoms with Gasteiger partial charge in [0.05, 0.1) is 19.8 Å². The quantitative estimate of drug-likeness (QED) is 0.370. The van der Waals surface area contributed by atoms with Crippen LogP contribution in [-0.4, -0.2) is 98.8 Å². The van der Waals surface area contributed by atoms with Gasteiger partial charge in [0.25, 0.3) is 0 Å². The first-order chi connectivity index (χ1) is 12.3. The van der Waals surface area contributed by atoms with Gasteiger partial charge in [0.1, 0.15) is 0 Å². The number of halogens is 1. The van der Waals surface area contributed by atoms with Gasteiger partial charge in [-0.05, 0) is 45.2 Å². The maximum atomic E-state index is 5.49. The number of piperidine rings is 1. The Hall–Kier alpha value is -0.120. The molecule has 0 amide bonds. The molecule has 0 radical (unpaired) electrons. The molecule has 26 heavy (non-hydrogen) atoms. The summed E-state index contributed by atoms with van der Waals surface area (Å²) in [4.78, 5) is 12.6. The van der Waals surface area contributed by atoms with Crippen molar-refractivity contribution in [2.24, 2.45) is 10.9 Å². The molecular formula is C19H38IN5O. The second-order valence-electron chi connectivity index (χ2n) is 7.80. The van der Waals surface area contributed by atoms with Gasteiger partial charge in [-0.25, -0.2) is 0 Å². The lowest BCUT2D eigenvalue weighted by Crippen LogP contribution is -2.46. The molecule has 0 aromatic heterocycles. The third-order valence-corrected chi connectivity index (χ3v) is 5.91. The van der Waals surface area contributed by atoms with E-state index in [4.69, 9.17) is 9.73 Å². The van der Waals surface area contributed by atoms with E-state index in [1.54, 1.807) is 0 Å². The summed E-state index contributed by atoms with van der Waals surface area (Å²) in [5.41, 5.74) is 0. The summed E-state index contributed by atoms with van der Waals surface area (Å²) in [6.07, 6.45) is 3.93. The van der Waals surface area contributed by atoms with E-state index in [0.29, 0.717) is 6.04 Å². The molecule has 0 aromatic rings. The zero-order chi connectivity index (χ0) is 17.5. The van der Waals surface area contributed by atoms with Gasteiger partial charge in [0.2, 0.25) is 0 Å². The molecule has 3 fully saturated rings. The van der Waals surface area contributed by atoms with Gasteiger partial charge in [-0.15, -0.1) is 24.0 Å². The zero-order valence-electron chi connectivity index (χ0n) is 16.7. The minimum Gasteiger partial charge on any atom is -0.379 e. The van der Waals surface area contributed by atoms with Gasteiger partial charge in [0, 0.05) is 45.3 Å². The van der Waals surface area contributed by atoms with E-state index in [1.807, 2.05) is 0 Å². The van der Waals surface area contributed by atoms with Crippen LogP contribution in [0.1, 0.15) is 33.1 Å². The Morgan fingerprint density at radius 2 is 1.81 bits per heavy atom. The van der Waals surface area contributed by atoms with E-state index in [-0.39, 0.29) is 24.0 Å². The smallest absolute Gasteiger partial charge is 0.194 e. The summed E-state index contributed by atoms with van der Waals surface area (Å²) in [5.74, 6) is 2.02. The average Bonchev–Trinajstić information content (AvgIpc) is 3.13. The number of rotatable bonds is 5. The van der Waals surface area contributed by atoms with Crippen LogP contribution in [0.5, 0.6) is 0 Å². The number of hydrogen-bond donors (Lipinski definition) is 1. The van der Waals surface area contributed by atoms with E-state index in [2.05, 4.69) is 33.9 Å². The Labute approximate surface area is 176 Å². The molecule has 1 atom stereocenters. The molecular weight excluding hydrogens is 441 g/mol. The number of hydrogen-bond acceptors (Lipinski definition) is 4. The predicted molar refractivity (Wildman–Crippen MR) is 119 cm³/mol. The molecule has 3 aliphatic rings. The van der Waals surface area contributed by atoms with Crippen molar-refractivity contribution in [1.29, 1.82) is 0 Å². The van der Waals surface area contributed by atoms with Crippen LogP contribution in [0.4, 0.5) is 0 Å². The minimum absolute atomic E-state index is 0. The SMILES string of the molecule is CCNC(=NCCN1CCC(C)CC1)N1CCC(N2CCOCC2)C1.I. The minimum atomic E-state index is 0.